The molecule has 3 heteroatoms. The fourth-order valence-corrected chi connectivity index (χ4v) is 1.87. The van der Waals surface area contributed by atoms with E-state index in [1.807, 2.05) is 51.4 Å². The zero-order valence-electron chi connectivity index (χ0n) is 11.4. The maximum Gasteiger partial charge on any atom is 0.0991 e. The Morgan fingerprint density at radius 3 is 2.26 bits per heavy atom. The molecule has 0 unspecified atom stereocenters. The molecule has 0 aliphatic carbocycles. The third kappa shape index (κ3) is 3.05. The minimum absolute atomic E-state index is 0.686. The summed E-state index contributed by atoms with van der Waals surface area (Å²) in [4.78, 5) is 2.07. The van der Waals surface area contributed by atoms with Gasteiger partial charge >= 0.3 is 0 Å². The number of nitriles is 1. The fraction of sp³-hybridized carbons (Fsp3) is 0.188. The summed E-state index contributed by atoms with van der Waals surface area (Å²) in [6, 6.07) is 16.0. The van der Waals surface area contributed by atoms with Gasteiger partial charge in [0.15, 0.2) is 0 Å². The van der Waals surface area contributed by atoms with E-state index in [9.17, 15) is 0 Å². The molecule has 0 spiro atoms. The summed E-state index contributed by atoms with van der Waals surface area (Å²) in [5.41, 5.74) is 4.99. The molecule has 0 fully saturated rings. The number of rotatable bonds is 3. The van der Waals surface area contributed by atoms with Crippen molar-refractivity contribution in [2.75, 3.05) is 24.3 Å². The first kappa shape index (κ1) is 13.0. The van der Waals surface area contributed by atoms with E-state index >= 15 is 0 Å². The van der Waals surface area contributed by atoms with Gasteiger partial charge in [-0.1, -0.05) is 0 Å². The van der Waals surface area contributed by atoms with Crippen LogP contribution < -0.4 is 10.2 Å². The van der Waals surface area contributed by atoms with E-state index in [1.54, 1.807) is 0 Å². The first-order valence-electron chi connectivity index (χ1n) is 6.15. The number of nitrogens with one attached hydrogen (secondary N) is 1. The molecule has 3 nitrogen and oxygen atoms in total. The molecule has 96 valence electrons. The average molecular weight is 251 g/mol. The smallest absolute Gasteiger partial charge is 0.0991 e. The maximum absolute atomic E-state index is 8.85. The number of benzene rings is 2. The Labute approximate surface area is 114 Å². The minimum atomic E-state index is 0.686. The monoisotopic (exact) mass is 251 g/mol. The van der Waals surface area contributed by atoms with Gasteiger partial charge in [-0.15, -0.1) is 0 Å². The molecular weight excluding hydrogens is 234 g/mol. The molecule has 0 bridgehead atoms. The van der Waals surface area contributed by atoms with Gasteiger partial charge in [-0.2, -0.15) is 5.26 Å². The first-order valence-corrected chi connectivity index (χ1v) is 6.15. The molecule has 0 radical (unpaired) electrons. The highest BCUT2D eigenvalue weighted by atomic mass is 15.1. The second-order valence-electron chi connectivity index (χ2n) is 4.71. The van der Waals surface area contributed by atoms with Crippen molar-refractivity contribution in [2.45, 2.75) is 6.92 Å². The van der Waals surface area contributed by atoms with Gasteiger partial charge < -0.3 is 10.2 Å². The lowest BCUT2D eigenvalue weighted by molar-refractivity contribution is 1.13. The van der Waals surface area contributed by atoms with Gasteiger partial charge in [-0.05, 0) is 55.0 Å². The predicted molar refractivity (Wildman–Crippen MR) is 79.9 cm³/mol. The lowest BCUT2D eigenvalue weighted by atomic mass is 10.1. The highest BCUT2D eigenvalue weighted by Crippen LogP contribution is 2.23. The van der Waals surface area contributed by atoms with Crippen LogP contribution in [0, 0.1) is 18.3 Å². The molecule has 0 heterocycles. The maximum atomic E-state index is 8.85. The summed E-state index contributed by atoms with van der Waals surface area (Å²) in [7, 11) is 4.04. The summed E-state index contributed by atoms with van der Waals surface area (Å²) in [5, 5.41) is 12.2. The number of hydrogen-bond donors (Lipinski definition) is 1. The Morgan fingerprint density at radius 1 is 1.05 bits per heavy atom. The lowest BCUT2D eigenvalue weighted by Gasteiger charge is -2.14. The summed E-state index contributed by atoms with van der Waals surface area (Å²) in [6.07, 6.45) is 0. The molecule has 0 aliphatic heterocycles. The van der Waals surface area contributed by atoms with Crippen molar-refractivity contribution >= 4 is 17.1 Å². The number of aryl methyl sites for hydroxylation is 1. The van der Waals surface area contributed by atoms with Crippen LogP contribution >= 0.6 is 0 Å². The van der Waals surface area contributed by atoms with Crippen LogP contribution in [-0.4, -0.2) is 14.1 Å². The molecule has 0 aliphatic rings. The second kappa shape index (κ2) is 5.45. The molecular formula is C16H17N3. The molecule has 0 saturated carbocycles. The van der Waals surface area contributed by atoms with Gasteiger partial charge in [0.2, 0.25) is 0 Å². The van der Waals surface area contributed by atoms with E-state index in [0.717, 1.165) is 16.9 Å². The van der Waals surface area contributed by atoms with Gasteiger partial charge in [0.25, 0.3) is 0 Å². The fourth-order valence-electron chi connectivity index (χ4n) is 1.87. The second-order valence-corrected chi connectivity index (χ2v) is 4.71. The number of hydrogen-bond acceptors (Lipinski definition) is 3. The van der Waals surface area contributed by atoms with E-state index in [-0.39, 0.29) is 0 Å². The largest absolute Gasteiger partial charge is 0.378 e. The van der Waals surface area contributed by atoms with E-state index in [2.05, 4.69) is 28.4 Å². The molecule has 19 heavy (non-hydrogen) atoms. The molecule has 2 aromatic rings. The van der Waals surface area contributed by atoms with Crippen LogP contribution in [0.3, 0.4) is 0 Å². The third-order valence-electron chi connectivity index (χ3n) is 3.02. The van der Waals surface area contributed by atoms with Crippen LogP contribution in [0.4, 0.5) is 17.1 Å². The van der Waals surface area contributed by atoms with Gasteiger partial charge in [0.1, 0.15) is 0 Å². The molecule has 0 atom stereocenters. The molecule has 2 aromatic carbocycles. The molecule has 0 aromatic heterocycles. The van der Waals surface area contributed by atoms with Crippen molar-refractivity contribution in [3.05, 3.63) is 53.6 Å². The number of anilines is 3. The quantitative estimate of drug-likeness (QED) is 0.904. The van der Waals surface area contributed by atoms with Crippen LogP contribution in [0.1, 0.15) is 11.1 Å². The van der Waals surface area contributed by atoms with Crippen molar-refractivity contribution in [1.29, 1.82) is 5.26 Å². The highest BCUT2D eigenvalue weighted by Gasteiger charge is 2.01. The molecule has 1 N–H and O–H groups in total. The molecule has 0 amide bonds. The summed E-state index contributed by atoms with van der Waals surface area (Å²) in [6.45, 7) is 2.00. The Kier molecular flexibility index (Phi) is 3.72. The Bertz CT molecular complexity index is 607. The van der Waals surface area contributed by atoms with Crippen molar-refractivity contribution in [1.82, 2.24) is 0 Å². The first-order chi connectivity index (χ1) is 9.10. The lowest BCUT2D eigenvalue weighted by Crippen LogP contribution is -2.08. The van der Waals surface area contributed by atoms with Gasteiger partial charge in [0.05, 0.1) is 11.6 Å². The van der Waals surface area contributed by atoms with Gasteiger partial charge in [0, 0.05) is 31.2 Å². The van der Waals surface area contributed by atoms with Crippen LogP contribution in [0.15, 0.2) is 42.5 Å². The number of nitrogens with zero attached hydrogens (tertiary/aromatic N) is 2. The molecule has 2 rings (SSSR count). The van der Waals surface area contributed by atoms with Crippen LogP contribution in [0.2, 0.25) is 0 Å². The normalized spacial score (nSPS) is 9.79. The molecule has 0 saturated heterocycles. The SMILES string of the molecule is Cc1cc(C#N)ccc1Nc1ccc(N(C)C)cc1. The van der Waals surface area contributed by atoms with Crippen LogP contribution in [0.5, 0.6) is 0 Å². The topological polar surface area (TPSA) is 39.1 Å². The third-order valence-corrected chi connectivity index (χ3v) is 3.02. The van der Waals surface area contributed by atoms with Crippen LogP contribution in [0.25, 0.3) is 0 Å². The Balaban J connectivity index is 2.19. The van der Waals surface area contributed by atoms with E-state index < -0.39 is 0 Å². The zero-order valence-corrected chi connectivity index (χ0v) is 11.4. The van der Waals surface area contributed by atoms with Crippen molar-refractivity contribution < 1.29 is 0 Å². The van der Waals surface area contributed by atoms with Crippen molar-refractivity contribution in [3.63, 3.8) is 0 Å². The average Bonchev–Trinajstić information content (AvgIpc) is 2.41. The van der Waals surface area contributed by atoms with Crippen LogP contribution in [-0.2, 0) is 0 Å². The highest BCUT2D eigenvalue weighted by molar-refractivity contribution is 5.66. The van der Waals surface area contributed by atoms with E-state index in [4.69, 9.17) is 5.26 Å². The van der Waals surface area contributed by atoms with Crippen molar-refractivity contribution in [3.8, 4) is 6.07 Å². The van der Waals surface area contributed by atoms with Gasteiger partial charge in [-0.25, -0.2) is 0 Å². The standard InChI is InChI=1S/C16H17N3/c1-12-10-13(11-17)4-9-16(12)18-14-5-7-15(8-6-14)19(2)3/h4-10,18H,1-3H3. The van der Waals surface area contributed by atoms with E-state index in [0.29, 0.717) is 5.56 Å². The van der Waals surface area contributed by atoms with Crippen molar-refractivity contribution in [2.24, 2.45) is 0 Å². The Hall–Kier alpha value is -2.47. The summed E-state index contributed by atoms with van der Waals surface area (Å²) < 4.78 is 0. The summed E-state index contributed by atoms with van der Waals surface area (Å²) >= 11 is 0. The zero-order chi connectivity index (χ0) is 13.8. The Morgan fingerprint density at radius 2 is 1.74 bits per heavy atom. The van der Waals surface area contributed by atoms with Gasteiger partial charge in [-0.3, -0.25) is 0 Å². The minimum Gasteiger partial charge on any atom is -0.378 e. The summed E-state index contributed by atoms with van der Waals surface area (Å²) in [5.74, 6) is 0. The van der Waals surface area contributed by atoms with E-state index in [1.165, 1.54) is 5.69 Å². The predicted octanol–water partition coefficient (Wildman–Crippen LogP) is 3.68.